The van der Waals surface area contributed by atoms with E-state index in [-0.39, 0.29) is 5.56 Å². The van der Waals surface area contributed by atoms with Gasteiger partial charge in [0.1, 0.15) is 4.70 Å². The first kappa shape index (κ1) is 12.3. The van der Waals surface area contributed by atoms with Gasteiger partial charge in [-0.05, 0) is 17.9 Å². The number of aromatic nitrogens is 3. The number of hydrogen-bond acceptors (Lipinski definition) is 6. The molecule has 0 saturated carbocycles. The fourth-order valence-corrected chi connectivity index (χ4v) is 3.44. The number of fused-ring (bicyclic) bond motifs is 1. The first-order valence-corrected chi connectivity index (χ1v) is 7.54. The summed E-state index contributed by atoms with van der Waals surface area (Å²) in [6.07, 6.45) is 2.30. The number of nitrogens with two attached hydrogens (primary N) is 1. The van der Waals surface area contributed by atoms with Crippen LogP contribution in [0.2, 0.25) is 0 Å². The summed E-state index contributed by atoms with van der Waals surface area (Å²) in [5.74, 6) is 0. The Morgan fingerprint density at radius 2 is 2.21 bits per heavy atom. The van der Waals surface area contributed by atoms with Crippen LogP contribution < -0.4 is 11.3 Å². The Morgan fingerprint density at radius 3 is 2.95 bits per heavy atom. The highest BCUT2D eigenvalue weighted by Gasteiger charge is 2.08. The Morgan fingerprint density at radius 1 is 1.37 bits per heavy atom. The number of nitrogen functional groups attached to an aromatic ring is 1. The van der Waals surface area contributed by atoms with Crippen LogP contribution in [0.4, 0.5) is 5.13 Å². The van der Waals surface area contributed by atoms with Crippen LogP contribution in [0.25, 0.3) is 10.2 Å². The van der Waals surface area contributed by atoms with E-state index in [9.17, 15) is 4.79 Å². The lowest BCUT2D eigenvalue weighted by Crippen LogP contribution is -2.20. The second kappa shape index (κ2) is 4.75. The molecular weight excluding hydrogens is 280 g/mol. The predicted molar refractivity (Wildman–Crippen MR) is 78.8 cm³/mol. The van der Waals surface area contributed by atoms with Gasteiger partial charge in [0.25, 0.3) is 5.56 Å². The van der Waals surface area contributed by atoms with Crippen molar-refractivity contribution in [3.05, 3.63) is 38.7 Å². The zero-order valence-corrected chi connectivity index (χ0v) is 11.9. The lowest BCUT2D eigenvalue weighted by molar-refractivity contribution is 0.657. The largest absolute Gasteiger partial charge is 0.375 e. The second-order valence-electron chi connectivity index (χ2n) is 4.27. The van der Waals surface area contributed by atoms with Gasteiger partial charge < -0.3 is 5.73 Å². The Bertz CT molecular complexity index is 786. The predicted octanol–water partition coefficient (Wildman–Crippen LogP) is 2.05. The molecular formula is C12H12N4OS2. The molecule has 3 rings (SSSR count). The summed E-state index contributed by atoms with van der Waals surface area (Å²) in [6, 6.07) is 0. The molecule has 0 unspecified atom stereocenters. The fraction of sp³-hybridized carbons (Fsp3) is 0.250. The van der Waals surface area contributed by atoms with Gasteiger partial charge in [-0.15, -0.1) is 22.7 Å². The van der Waals surface area contributed by atoms with Crippen molar-refractivity contribution in [2.75, 3.05) is 5.73 Å². The molecule has 0 aliphatic rings. The average molecular weight is 292 g/mol. The Hall–Kier alpha value is -1.73. The topological polar surface area (TPSA) is 73.8 Å². The van der Waals surface area contributed by atoms with Crippen molar-refractivity contribution in [1.82, 2.24) is 14.5 Å². The Balaban J connectivity index is 1.89. The highest BCUT2D eigenvalue weighted by molar-refractivity contribution is 7.17. The van der Waals surface area contributed by atoms with Crippen molar-refractivity contribution >= 4 is 38.0 Å². The molecule has 7 heteroatoms. The zero-order valence-electron chi connectivity index (χ0n) is 10.3. The maximum Gasteiger partial charge on any atom is 0.271 e. The highest BCUT2D eigenvalue weighted by Crippen LogP contribution is 2.19. The van der Waals surface area contributed by atoms with E-state index in [2.05, 4.69) is 9.97 Å². The molecule has 3 aromatic rings. The fourth-order valence-electron chi connectivity index (χ4n) is 1.89. The third-order valence-corrected chi connectivity index (χ3v) is 4.70. The van der Waals surface area contributed by atoms with Gasteiger partial charge in [0, 0.05) is 18.3 Å². The van der Waals surface area contributed by atoms with Crippen LogP contribution in [-0.2, 0) is 13.0 Å². The molecule has 5 nitrogen and oxygen atoms in total. The van der Waals surface area contributed by atoms with Crippen LogP contribution in [0, 0.1) is 6.92 Å². The van der Waals surface area contributed by atoms with E-state index < -0.39 is 0 Å². The number of hydrogen-bond donors (Lipinski definition) is 1. The summed E-state index contributed by atoms with van der Waals surface area (Å²) in [7, 11) is 0. The normalized spacial score (nSPS) is 11.2. The molecule has 3 heterocycles. The molecule has 0 aromatic carbocycles. The van der Waals surface area contributed by atoms with Crippen molar-refractivity contribution in [2.24, 2.45) is 0 Å². The number of thiazole rings is 1. The van der Waals surface area contributed by atoms with Crippen LogP contribution in [0.5, 0.6) is 0 Å². The number of anilines is 1. The standard InChI is InChI=1S/C12H12N4OS2/c1-7-4-18-10-9(7)14-6-16(11(10)17)3-2-8-5-19-12(13)15-8/h4-6H,2-3H2,1H3,(H2,13,15). The molecule has 19 heavy (non-hydrogen) atoms. The van der Waals surface area contributed by atoms with Gasteiger partial charge in [0.2, 0.25) is 0 Å². The van der Waals surface area contributed by atoms with Crippen LogP contribution in [0.15, 0.2) is 21.9 Å². The van der Waals surface area contributed by atoms with Gasteiger partial charge >= 0.3 is 0 Å². The van der Waals surface area contributed by atoms with Crippen molar-refractivity contribution in [2.45, 2.75) is 19.9 Å². The molecule has 0 fully saturated rings. The first-order chi connectivity index (χ1) is 9.15. The third kappa shape index (κ3) is 2.26. The maximum atomic E-state index is 12.3. The minimum atomic E-state index is 0.0197. The lowest BCUT2D eigenvalue weighted by atomic mass is 10.3. The minimum Gasteiger partial charge on any atom is -0.375 e. The van der Waals surface area contributed by atoms with E-state index in [0.29, 0.717) is 18.1 Å². The molecule has 0 atom stereocenters. The molecule has 2 N–H and O–H groups in total. The molecule has 0 amide bonds. The second-order valence-corrected chi connectivity index (χ2v) is 6.04. The van der Waals surface area contributed by atoms with E-state index in [1.165, 1.54) is 22.7 Å². The summed E-state index contributed by atoms with van der Waals surface area (Å²) in [5.41, 5.74) is 8.38. The molecule has 98 valence electrons. The van der Waals surface area contributed by atoms with E-state index in [1.807, 2.05) is 17.7 Å². The molecule has 3 aromatic heterocycles. The molecule has 0 spiro atoms. The summed E-state index contributed by atoms with van der Waals surface area (Å²) >= 11 is 2.87. The first-order valence-electron chi connectivity index (χ1n) is 5.78. The van der Waals surface area contributed by atoms with Gasteiger partial charge in [-0.2, -0.15) is 0 Å². The molecule has 0 aliphatic heterocycles. The summed E-state index contributed by atoms with van der Waals surface area (Å²) in [5, 5.41) is 4.44. The number of nitrogens with zero attached hydrogens (tertiary/aromatic N) is 3. The minimum absolute atomic E-state index is 0.0197. The van der Waals surface area contributed by atoms with Gasteiger partial charge in [-0.25, -0.2) is 9.97 Å². The molecule has 0 radical (unpaired) electrons. The van der Waals surface area contributed by atoms with E-state index in [1.54, 1.807) is 10.9 Å². The molecule has 0 aliphatic carbocycles. The van der Waals surface area contributed by atoms with Crippen molar-refractivity contribution in [3.8, 4) is 0 Å². The van der Waals surface area contributed by atoms with E-state index in [4.69, 9.17) is 5.73 Å². The van der Waals surface area contributed by atoms with Crippen molar-refractivity contribution in [1.29, 1.82) is 0 Å². The highest BCUT2D eigenvalue weighted by atomic mass is 32.1. The van der Waals surface area contributed by atoms with Crippen molar-refractivity contribution < 1.29 is 0 Å². The van der Waals surface area contributed by atoms with Gasteiger partial charge in [0.15, 0.2) is 5.13 Å². The number of rotatable bonds is 3. The van der Waals surface area contributed by atoms with Crippen LogP contribution >= 0.6 is 22.7 Å². The van der Waals surface area contributed by atoms with Crippen molar-refractivity contribution in [3.63, 3.8) is 0 Å². The summed E-state index contributed by atoms with van der Waals surface area (Å²) < 4.78 is 2.35. The van der Waals surface area contributed by atoms with Crippen LogP contribution in [-0.4, -0.2) is 14.5 Å². The number of thiophene rings is 1. The monoisotopic (exact) mass is 292 g/mol. The zero-order chi connectivity index (χ0) is 13.4. The third-order valence-electron chi connectivity index (χ3n) is 2.90. The summed E-state index contributed by atoms with van der Waals surface area (Å²) in [4.78, 5) is 20.8. The Kier molecular flexibility index (Phi) is 3.08. The number of aryl methyl sites for hydroxylation is 3. The van der Waals surface area contributed by atoms with E-state index >= 15 is 0 Å². The average Bonchev–Trinajstić information content (AvgIpc) is 2.96. The van der Waals surface area contributed by atoms with Gasteiger partial charge in [-0.1, -0.05) is 0 Å². The molecule has 0 bridgehead atoms. The Labute approximate surface area is 117 Å². The molecule has 0 saturated heterocycles. The quantitative estimate of drug-likeness (QED) is 0.801. The van der Waals surface area contributed by atoms with Crippen LogP contribution in [0.1, 0.15) is 11.3 Å². The van der Waals surface area contributed by atoms with Crippen LogP contribution in [0.3, 0.4) is 0 Å². The summed E-state index contributed by atoms with van der Waals surface area (Å²) in [6.45, 7) is 2.54. The van der Waals surface area contributed by atoms with Gasteiger partial charge in [0.05, 0.1) is 17.5 Å². The van der Waals surface area contributed by atoms with Gasteiger partial charge in [-0.3, -0.25) is 9.36 Å². The smallest absolute Gasteiger partial charge is 0.271 e. The maximum absolute atomic E-state index is 12.3. The SMILES string of the molecule is Cc1csc2c(=O)n(CCc3csc(N)n3)cnc12. The van der Waals surface area contributed by atoms with E-state index in [0.717, 1.165) is 21.5 Å². The lowest BCUT2D eigenvalue weighted by Gasteiger charge is -2.03.